The number of ketones is 1. The maximum absolute atomic E-state index is 13.1. The zero-order chi connectivity index (χ0) is 20.1. The molecule has 0 amide bonds. The van der Waals surface area contributed by atoms with Gasteiger partial charge in [-0.1, -0.05) is 24.3 Å². The second kappa shape index (κ2) is 12.5. The lowest BCUT2D eigenvalue weighted by atomic mass is 9.90. The molecule has 0 aliphatic carbocycles. The minimum atomic E-state index is -0.186. The molecule has 2 aromatic rings. The Hall–Kier alpha value is -1.46. The number of hydrogen-bond acceptors (Lipinski definition) is 3. The van der Waals surface area contributed by atoms with Crippen molar-refractivity contribution in [3.8, 4) is 0 Å². The van der Waals surface area contributed by atoms with E-state index >= 15 is 0 Å². The summed E-state index contributed by atoms with van der Waals surface area (Å²) in [6.45, 7) is 4.99. The lowest BCUT2D eigenvalue weighted by molar-refractivity contribution is 0.0970. The molecule has 0 bridgehead atoms. The van der Waals surface area contributed by atoms with Crippen LogP contribution in [0.15, 0.2) is 42.5 Å². The first kappa shape index (κ1) is 25.8. The maximum atomic E-state index is 13.1. The van der Waals surface area contributed by atoms with E-state index in [-0.39, 0.29) is 30.6 Å². The van der Waals surface area contributed by atoms with Crippen LogP contribution in [0.3, 0.4) is 0 Å². The van der Waals surface area contributed by atoms with Crippen LogP contribution in [-0.4, -0.2) is 36.9 Å². The second-order valence-electron chi connectivity index (χ2n) is 8.54. The molecule has 1 N–H and O–H groups in total. The fourth-order valence-electron chi connectivity index (χ4n) is 4.60. The van der Waals surface area contributed by atoms with Crippen LogP contribution in [-0.2, 0) is 19.4 Å². The van der Waals surface area contributed by atoms with Gasteiger partial charge in [-0.05, 0) is 86.0 Å². The molecule has 1 fully saturated rings. The highest BCUT2D eigenvalue weighted by molar-refractivity contribution is 5.96. The molecule has 2 aliphatic heterocycles. The third-order valence-corrected chi connectivity index (χ3v) is 6.48. The van der Waals surface area contributed by atoms with Crippen LogP contribution in [0, 0.1) is 11.7 Å². The Morgan fingerprint density at radius 1 is 0.968 bits per heavy atom. The summed E-state index contributed by atoms with van der Waals surface area (Å²) in [4.78, 5) is 15.2. The van der Waals surface area contributed by atoms with Crippen molar-refractivity contribution in [1.29, 1.82) is 0 Å². The molecule has 0 radical (unpaired) electrons. The molecule has 0 unspecified atom stereocenters. The van der Waals surface area contributed by atoms with E-state index in [0.29, 0.717) is 18.1 Å². The number of nitrogens with zero attached hydrogens (tertiary/aromatic N) is 1. The van der Waals surface area contributed by atoms with E-state index in [4.69, 9.17) is 0 Å². The van der Waals surface area contributed by atoms with Crippen LogP contribution >= 0.6 is 24.8 Å². The van der Waals surface area contributed by atoms with Gasteiger partial charge in [0.15, 0.2) is 5.78 Å². The number of hydrogen-bond donors (Lipinski definition) is 1. The van der Waals surface area contributed by atoms with Gasteiger partial charge in [0.25, 0.3) is 0 Å². The summed E-state index contributed by atoms with van der Waals surface area (Å²) in [5.41, 5.74) is 4.71. The van der Waals surface area contributed by atoms with E-state index in [2.05, 4.69) is 22.3 Å². The molecular weight excluding hydrogens is 434 g/mol. The van der Waals surface area contributed by atoms with Gasteiger partial charge in [-0.3, -0.25) is 9.69 Å². The summed E-state index contributed by atoms with van der Waals surface area (Å²) in [6.07, 6.45) is 6.04. The third-order valence-electron chi connectivity index (χ3n) is 6.48. The first-order chi connectivity index (χ1) is 14.2. The van der Waals surface area contributed by atoms with Gasteiger partial charge in [0.05, 0.1) is 0 Å². The molecule has 0 aromatic heterocycles. The van der Waals surface area contributed by atoms with Gasteiger partial charge >= 0.3 is 0 Å². The van der Waals surface area contributed by atoms with Crippen molar-refractivity contribution in [2.75, 3.05) is 26.2 Å². The number of carbonyl (C=O) groups excluding carboxylic acids is 1. The molecule has 0 atom stereocenters. The minimum absolute atomic E-state index is 0. The van der Waals surface area contributed by atoms with Crippen LogP contribution in [0.1, 0.15) is 52.7 Å². The van der Waals surface area contributed by atoms with Gasteiger partial charge in [0.2, 0.25) is 0 Å². The number of nitrogens with one attached hydrogen (secondary N) is 1. The second-order valence-corrected chi connectivity index (χ2v) is 8.54. The Morgan fingerprint density at radius 3 is 2.35 bits per heavy atom. The third kappa shape index (κ3) is 7.28. The Labute approximate surface area is 197 Å². The normalized spacial score (nSPS) is 17.1. The summed E-state index contributed by atoms with van der Waals surface area (Å²) in [7, 11) is 0. The molecule has 2 heterocycles. The molecule has 3 nitrogen and oxygen atoms in total. The van der Waals surface area contributed by atoms with Crippen molar-refractivity contribution in [1.82, 2.24) is 10.2 Å². The van der Waals surface area contributed by atoms with Gasteiger partial charge < -0.3 is 5.32 Å². The monoisotopic (exact) mass is 466 g/mol. The summed E-state index contributed by atoms with van der Waals surface area (Å²) in [5.74, 6) is 0.800. The van der Waals surface area contributed by atoms with Crippen molar-refractivity contribution in [3.05, 3.63) is 70.5 Å². The fraction of sp³-hybridized carbons (Fsp3) is 0.480. The van der Waals surface area contributed by atoms with E-state index in [0.717, 1.165) is 63.1 Å². The number of fused-ring (bicyclic) bond motifs is 1. The topological polar surface area (TPSA) is 32.3 Å². The average Bonchev–Trinajstić information content (AvgIpc) is 2.96. The summed E-state index contributed by atoms with van der Waals surface area (Å²) in [6, 6.07) is 13.1. The van der Waals surface area contributed by atoms with E-state index in [1.54, 1.807) is 0 Å². The van der Waals surface area contributed by atoms with E-state index in [1.807, 2.05) is 18.2 Å². The Morgan fingerprint density at radius 2 is 1.65 bits per heavy atom. The Kier molecular flexibility index (Phi) is 10.4. The molecule has 0 spiro atoms. The Balaban J connectivity index is 0.00000171. The number of rotatable bonds is 6. The summed E-state index contributed by atoms with van der Waals surface area (Å²) in [5, 5.41) is 3.39. The van der Waals surface area contributed by atoms with Crippen LogP contribution in [0.4, 0.5) is 4.39 Å². The molecule has 0 saturated carbocycles. The lowest BCUT2D eigenvalue weighted by Gasteiger charge is -2.22. The SMILES string of the molecule is Cl.Cl.O=C(CCC1CCNCC1)c1ccc2c(c1)CCN(Cc1ccc(F)cc1)CC2. The smallest absolute Gasteiger partial charge is 0.162 e. The highest BCUT2D eigenvalue weighted by atomic mass is 35.5. The fourth-order valence-corrected chi connectivity index (χ4v) is 4.60. The zero-order valence-corrected chi connectivity index (χ0v) is 19.6. The van der Waals surface area contributed by atoms with Crippen molar-refractivity contribution in [2.24, 2.45) is 5.92 Å². The number of Topliss-reactive ketones (excluding diaryl/α,β-unsaturated/α-hetero) is 1. The van der Waals surface area contributed by atoms with Crippen LogP contribution in [0.2, 0.25) is 0 Å². The van der Waals surface area contributed by atoms with Gasteiger partial charge in [-0.25, -0.2) is 4.39 Å². The van der Waals surface area contributed by atoms with Crippen LogP contribution < -0.4 is 5.32 Å². The minimum Gasteiger partial charge on any atom is -0.317 e. The maximum Gasteiger partial charge on any atom is 0.162 e. The molecule has 4 rings (SSSR count). The molecule has 2 aliphatic rings. The van der Waals surface area contributed by atoms with Crippen molar-refractivity contribution in [3.63, 3.8) is 0 Å². The lowest BCUT2D eigenvalue weighted by Crippen LogP contribution is -2.28. The number of benzene rings is 2. The average molecular weight is 467 g/mol. The predicted molar refractivity (Wildman–Crippen MR) is 129 cm³/mol. The van der Waals surface area contributed by atoms with Gasteiger partial charge in [-0.15, -0.1) is 24.8 Å². The van der Waals surface area contributed by atoms with Crippen LogP contribution in [0.25, 0.3) is 0 Å². The molecular formula is C25H33Cl2FN2O. The predicted octanol–water partition coefficient (Wildman–Crippen LogP) is 5.23. The molecule has 31 heavy (non-hydrogen) atoms. The molecule has 170 valence electrons. The van der Waals surface area contributed by atoms with Crippen molar-refractivity contribution in [2.45, 2.75) is 45.1 Å². The quantitative estimate of drug-likeness (QED) is 0.591. The van der Waals surface area contributed by atoms with Crippen molar-refractivity contribution >= 4 is 30.6 Å². The molecule has 6 heteroatoms. The first-order valence-corrected chi connectivity index (χ1v) is 11.0. The van der Waals surface area contributed by atoms with Crippen molar-refractivity contribution < 1.29 is 9.18 Å². The standard InChI is InChI=1S/C25H31FN2O.2ClH/c26-24-6-1-20(2-7-24)18-28-15-11-21-4-5-23(17-22(21)12-16-28)25(29)8-3-19-9-13-27-14-10-19;;/h1-2,4-7,17,19,27H,3,8-16,18H2;2*1H. The number of halogens is 3. The largest absolute Gasteiger partial charge is 0.317 e. The molecule has 1 saturated heterocycles. The number of piperidine rings is 1. The van der Waals surface area contributed by atoms with E-state index < -0.39 is 0 Å². The van der Waals surface area contributed by atoms with Gasteiger partial charge in [-0.2, -0.15) is 0 Å². The highest BCUT2D eigenvalue weighted by Crippen LogP contribution is 2.23. The van der Waals surface area contributed by atoms with Gasteiger partial charge in [0, 0.05) is 31.6 Å². The van der Waals surface area contributed by atoms with Gasteiger partial charge in [0.1, 0.15) is 5.82 Å². The summed E-state index contributed by atoms with van der Waals surface area (Å²) < 4.78 is 13.1. The van der Waals surface area contributed by atoms with E-state index in [9.17, 15) is 9.18 Å². The summed E-state index contributed by atoms with van der Waals surface area (Å²) >= 11 is 0. The zero-order valence-electron chi connectivity index (χ0n) is 17.9. The highest BCUT2D eigenvalue weighted by Gasteiger charge is 2.18. The van der Waals surface area contributed by atoms with Crippen LogP contribution in [0.5, 0.6) is 0 Å². The van der Waals surface area contributed by atoms with E-state index in [1.165, 1.54) is 36.1 Å². The number of carbonyl (C=O) groups is 1. The Bertz CT molecular complexity index is 838. The molecule has 2 aromatic carbocycles. The first-order valence-electron chi connectivity index (χ1n) is 11.0.